The van der Waals surface area contributed by atoms with Gasteiger partial charge in [0, 0.05) is 10.8 Å². The van der Waals surface area contributed by atoms with Gasteiger partial charge in [-0.05, 0) is 94.3 Å². The standard InChI is InChI=1S/C48H80O19/c1-21(2)10-9-13-47(7,67-42-39(61)36(58)33(55)25(19-50)63-42)22-11-15-46(6)31(22)23(52)16-28-45(5)14-12-30(44(3,4)27(45)17-29(53)48(28,46)8)65-43-40(37(59)34(56)26(20-51)64-43)66-41-38(60)35(57)32(54)24(18-49)62-41/h10,17,22-26,28-43,49-61H,9,11-16,18-20H2,1-8H3. The maximum Gasteiger partial charge on any atom is 0.187 e. The van der Waals surface area contributed by atoms with Crippen molar-refractivity contribution in [2.45, 2.75) is 216 Å². The Morgan fingerprint density at radius 2 is 1.22 bits per heavy atom. The molecular formula is C48H80O19. The van der Waals surface area contributed by atoms with Crippen LogP contribution < -0.4 is 0 Å². The van der Waals surface area contributed by atoms with Crippen LogP contribution in [-0.4, -0.2) is 202 Å². The predicted octanol–water partition coefficient (Wildman–Crippen LogP) is -1.14. The van der Waals surface area contributed by atoms with Crippen LogP contribution in [0.25, 0.3) is 0 Å². The van der Waals surface area contributed by atoms with Gasteiger partial charge in [-0.3, -0.25) is 0 Å². The maximum absolute atomic E-state index is 12.7. The highest BCUT2D eigenvalue weighted by atomic mass is 16.8. The summed E-state index contributed by atoms with van der Waals surface area (Å²) >= 11 is 0. The van der Waals surface area contributed by atoms with E-state index in [1.54, 1.807) is 0 Å². The first kappa shape index (κ1) is 53.5. The topological polar surface area (TPSA) is 318 Å². The van der Waals surface area contributed by atoms with Crippen LogP contribution in [0.4, 0.5) is 0 Å². The van der Waals surface area contributed by atoms with Crippen molar-refractivity contribution in [1.29, 1.82) is 0 Å². The van der Waals surface area contributed by atoms with E-state index in [1.165, 1.54) is 0 Å². The van der Waals surface area contributed by atoms with Crippen molar-refractivity contribution in [3.05, 3.63) is 23.3 Å². The fourth-order valence-electron chi connectivity index (χ4n) is 14.1. The first-order chi connectivity index (χ1) is 31.3. The zero-order chi connectivity index (χ0) is 49.5. The third-order valence-corrected chi connectivity index (χ3v) is 18.2. The molecule has 0 aromatic carbocycles. The Bertz CT molecular complexity index is 1780. The number of aliphatic hydroxyl groups is 13. The molecule has 7 aliphatic rings. The maximum atomic E-state index is 12.7. The van der Waals surface area contributed by atoms with E-state index in [1.807, 2.05) is 40.7 Å². The van der Waals surface area contributed by atoms with Gasteiger partial charge in [-0.15, -0.1) is 0 Å². The number of ether oxygens (including phenoxy) is 6. The van der Waals surface area contributed by atoms with E-state index in [9.17, 15) is 66.4 Å². The van der Waals surface area contributed by atoms with Gasteiger partial charge in [0.25, 0.3) is 0 Å². The zero-order valence-electron chi connectivity index (χ0n) is 40.1. The van der Waals surface area contributed by atoms with Crippen molar-refractivity contribution in [3.63, 3.8) is 0 Å². The highest BCUT2D eigenvalue weighted by Gasteiger charge is 2.73. The Labute approximate surface area is 392 Å². The van der Waals surface area contributed by atoms with E-state index in [4.69, 9.17) is 28.4 Å². The molecule has 3 heterocycles. The van der Waals surface area contributed by atoms with Crippen molar-refractivity contribution in [1.82, 2.24) is 0 Å². The average molecular weight is 961 g/mol. The van der Waals surface area contributed by atoms with Crippen LogP contribution in [0, 0.1) is 39.4 Å². The number of hydrogen-bond acceptors (Lipinski definition) is 19. The Kier molecular flexibility index (Phi) is 15.7. The van der Waals surface area contributed by atoms with Crippen molar-refractivity contribution in [2.24, 2.45) is 39.4 Å². The van der Waals surface area contributed by atoms with Gasteiger partial charge in [0.15, 0.2) is 18.9 Å². The van der Waals surface area contributed by atoms with Crippen LogP contribution >= 0.6 is 0 Å². The van der Waals surface area contributed by atoms with Gasteiger partial charge in [-0.25, -0.2) is 0 Å². The third kappa shape index (κ3) is 8.84. The molecular weight excluding hydrogens is 881 g/mol. The second-order valence-corrected chi connectivity index (χ2v) is 22.5. The first-order valence-corrected chi connectivity index (χ1v) is 24.2. The van der Waals surface area contributed by atoms with E-state index >= 15 is 0 Å². The molecule has 7 rings (SSSR count). The molecule has 25 unspecified atom stereocenters. The van der Waals surface area contributed by atoms with Crippen LogP contribution in [0.1, 0.15) is 100 Å². The zero-order valence-corrected chi connectivity index (χ0v) is 40.1. The molecule has 4 aliphatic carbocycles. The summed E-state index contributed by atoms with van der Waals surface area (Å²) in [6.45, 7) is 14.3. The van der Waals surface area contributed by atoms with Gasteiger partial charge in [0.05, 0.1) is 43.7 Å². The van der Waals surface area contributed by atoms with Crippen molar-refractivity contribution in [3.8, 4) is 0 Å². The summed E-state index contributed by atoms with van der Waals surface area (Å²) in [5.41, 5.74) is -1.89. The number of rotatable bonds is 13. The van der Waals surface area contributed by atoms with Gasteiger partial charge in [-0.2, -0.15) is 0 Å². The second kappa shape index (κ2) is 19.6. The van der Waals surface area contributed by atoms with E-state index in [0.717, 1.165) is 11.1 Å². The molecule has 0 amide bonds. The van der Waals surface area contributed by atoms with Gasteiger partial charge >= 0.3 is 0 Å². The van der Waals surface area contributed by atoms with E-state index in [0.29, 0.717) is 44.9 Å². The lowest BCUT2D eigenvalue weighted by Gasteiger charge is -2.69. The average Bonchev–Trinajstić information content (AvgIpc) is 3.66. The van der Waals surface area contributed by atoms with Gasteiger partial charge < -0.3 is 94.8 Å². The number of hydrogen-bond donors (Lipinski definition) is 13. The van der Waals surface area contributed by atoms with Crippen LogP contribution in [0.2, 0.25) is 0 Å². The Balaban J connectivity index is 1.18. The Morgan fingerprint density at radius 3 is 1.79 bits per heavy atom. The molecule has 0 aromatic heterocycles. The fraction of sp³-hybridized carbons (Fsp3) is 0.917. The molecule has 67 heavy (non-hydrogen) atoms. The van der Waals surface area contributed by atoms with Gasteiger partial charge in [-0.1, -0.05) is 57.9 Å². The highest BCUT2D eigenvalue weighted by Crippen LogP contribution is 2.75. The van der Waals surface area contributed by atoms with E-state index in [-0.39, 0.29) is 17.8 Å². The highest BCUT2D eigenvalue weighted by molar-refractivity contribution is 5.36. The minimum atomic E-state index is -1.83. The van der Waals surface area contributed by atoms with Crippen LogP contribution in [0.5, 0.6) is 0 Å². The number of allylic oxidation sites excluding steroid dienone is 2. The largest absolute Gasteiger partial charge is 0.394 e. The summed E-state index contributed by atoms with van der Waals surface area (Å²) in [6.07, 6.45) is -18.3. The molecule has 13 N–H and O–H groups in total. The molecule has 25 atom stereocenters. The van der Waals surface area contributed by atoms with Crippen molar-refractivity contribution < 1.29 is 94.8 Å². The molecule has 3 aliphatic heterocycles. The number of fused-ring (bicyclic) bond motifs is 5. The lowest BCUT2D eigenvalue weighted by molar-refractivity contribution is -0.375. The summed E-state index contributed by atoms with van der Waals surface area (Å²) in [4.78, 5) is 0. The fourth-order valence-corrected chi connectivity index (χ4v) is 14.1. The molecule has 0 bridgehead atoms. The SMILES string of the molecule is CC(C)=CCCC(C)(OC1OC(CO)C(O)C(O)C1O)C1CCC2(C)C1C(O)CC1C3(C)CCC(OC4OC(CO)C(O)C(O)C4OC4OC(CO)C(O)C(O)C4O)C(C)(C)C3=CC(O)C12C. The Morgan fingerprint density at radius 1 is 0.687 bits per heavy atom. The summed E-state index contributed by atoms with van der Waals surface area (Å²) in [7, 11) is 0. The molecule has 0 radical (unpaired) electrons. The van der Waals surface area contributed by atoms with E-state index < -0.39 is 158 Å². The molecule has 0 spiro atoms. The quantitative estimate of drug-likeness (QED) is 0.0971. The molecule has 19 nitrogen and oxygen atoms in total. The van der Waals surface area contributed by atoms with Gasteiger partial charge in [0.2, 0.25) is 0 Å². The van der Waals surface area contributed by atoms with E-state index in [2.05, 4.69) is 26.8 Å². The molecule has 386 valence electrons. The van der Waals surface area contributed by atoms with Crippen LogP contribution in [0.15, 0.2) is 23.3 Å². The molecule has 3 saturated heterocycles. The Hall–Kier alpha value is -1.28. The molecule has 19 heteroatoms. The third-order valence-electron chi connectivity index (χ3n) is 18.2. The summed E-state index contributed by atoms with van der Waals surface area (Å²) in [5, 5.41) is 142. The molecule has 0 aromatic rings. The smallest absolute Gasteiger partial charge is 0.187 e. The number of aliphatic hydroxyl groups excluding tert-OH is 13. The first-order valence-electron chi connectivity index (χ1n) is 24.2. The lowest BCUT2D eigenvalue weighted by Crippen LogP contribution is -2.68. The second-order valence-electron chi connectivity index (χ2n) is 22.5. The molecule has 6 fully saturated rings. The van der Waals surface area contributed by atoms with Gasteiger partial charge in [0.1, 0.15) is 73.2 Å². The molecule has 3 saturated carbocycles. The summed E-state index contributed by atoms with van der Waals surface area (Å²) < 4.78 is 36.9. The summed E-state index contributed by atoms with van der Waals surface area (Å²) in [5.74, 6) is -0.932. The minimum absolute atomic E-state index is 0.238. The predicted molar refractivity (Wildman–Crippen MR) is 235 cm³/mol. The van der Waals surface area contributed by atoms with Crippen LogP contribution in [0.3, 0.4) is 0 Å². The minimum Gasteiger partial charge on any atom is -0.394 e. The normalized spacial score (nSPS) is 51.7. The van der Waals surface area contributed by atoms with Crippen molar-refractivity contribution in [2.75, 3.05) is 19.8 Å². The van der Waals surface area contributed by atoms with Crippen LogP contribution in [-0.2, 0) is 28.4 Å². The lowest BCUT2D eigenvalue weighted by atomic mass is 9.37. The van der Waals surface area contributed by atoms with Crippen molar-refractivity contribution >= 4 is 0 Å². The summed E-state index contributed by atoms with van der Waals surface area (Å²) in [6, 6.07) is 0. The monoisotopic (exact) mass is 961 g/mol.